The Labute approximate surface area is 360 Å². The van der Waals surface area contributed by atoms with Crippen molar-refractivity contribution in [3.8, 4) is 0 Å². The summed E-state index contributed by atoms with van der Waals surface area (Å²) in [6.07, 6.45) is 61.1. The Hall–Kier alpha value is -1.70. The van der Waals surface area contributed by atoms with Crippen molar-refractivity contribution in [3.05, 3.63) is 48.6 Å². The van der Waals surface area contributed by atoms with Crippen LogP contribution in [0.2, 0.25) is 0 Å². The number of carbonyl (C=O) groups excluding carboxylic acids is 1. The average Bonchev–Trinajstić information content (AvgIpc) is 3.19. The number of aliphatic hydroxyl groups is 1. The molecule has 0 spiro atoms. The van der Waals surface area contributed by atoms with E-state index >= 15 is 0 Å². The lowest BCUT2D eigenvalue weighted by molar-refractivity contribution is -0.122. The molecule has 0 fully saturated rings. The molecule has 0 aromatic heterocycles. The average molecular weight is 834 g/mol. The van der Waals surface area contributed by atoms with Gasteiger partial charge in [-0.2, -0.15) is 8.42 Å². The number of rotatable bonds is 45. The summed E-state index contributed by atoms with van der Waals surface area (Å²) in [5.41, 5.74) is 0. The van der Waals surface area contributed by atoms with Gasteiger partial charge in [0.25, 0.3) is 10.1 Å². The summed E-state index contributed by atoms with van der Waals surface area (Å²) in [5.74, 6) is -0.999. The zero-order chi connectivity index (χ0) is 42.5. The zero-order valence-electron chi connectivity index (χ0n) is 38.2. The van der Waals surface area contributed by atoms with E-state index in [1.165, 1.54) is 192 Å². The molecule has 0 bridgehead atoms. The minimum absolute atomic E-state index is 0.285. The quantitative estimate of drug-likeness (QED) is 0.0322. The maximum absolute atomic E-state index is 12.6. The van der Waals surface area contributed by atoms with Crippen molar-refractivity contribution in [1.29, 1.82) is 0 Å². The van der Waals surface area contributed by atoms with Gasteiger partial charge in [0.2, 0.25) is 5.91 Å². The summed E-state index contributed by atoms with van der Waals surface area (Å²) in [6.45, 7) is 4.54. The van der Waals surface area contributed by atoms with Crippen molar-refractivity contribution in [2.45, 2.75) is 264 Å². The van der Waals surface area contributed by atoms with E-state index in [9.17, 15) is 22.9 Å². The predicted molar refractivity (Wildman–Crippen MR) is 253 cm³/mol. The minimum Gasteiger partial charge on any atom is -0.387 e. The summed E-state index contributed by atoms with van der Waals surface area (Å²) >= 11 is 0. The molecule has 0 aromatic rings. The molecule has 7 heteroatoms. The molecular formula is C51H95NO5S. The Balaban J connectivity index is 3.85. The fourth-order valence-electron chi connectivity index (χ4n) is 7.50. The predicted octanol–water partition coefficient (Wildman–Crippen LogP) is 15.4. The maximum Gasteiger partial charge on any atom is 0.267 e. The third kappa shape index (κ3) is 45.4. The van der Waals surface area contributed by atoms with Crippen molar-refractivity contribution < 1.29 is 22.9 Å². The van der Waals surface area contributed by atoms with Crippen LogP contribution in [-0.4, -0.2) is 41.9 Å². The summed E-state index contributed by atoms with van der Waals surface area (Å²) in [7, 11) is -4.36. The number of allylic oxidation sites excluding steroid dienone is 7. The van der Waals surface area contributed by atoms with Gasteiger partial charge in [-0.05, 0) is 64.2 Å². The fraction of sp³-hybridized carbons (Fsp3) is 0.824. The number of carbonyl (C=O) groups is 1. The molecule has 0 rings (SSSR count). The van der Waals surface area contributed by atoms with Crippen molar-refractivity contribution >= 4 is 16.0 Å². The van der Waals surface area contributed by atoms with Gasteiger partial charge in [0, 0.05) is 6.42 Å². The first kappa shape index (κ1) is 56.3. The van der Waals surface area contributed by atoms with E-state index in [2.05, 4.69) is 55.6 Å². The van der Waals surface area contributed by atoms with Gasteiger partial charge < -0.3 is 10.4 Å². The normalized spacial score (nSPS) is 13.5. The van der Waals surface area contributed by atoms with Crippen LogP contribution < -0.4 is 5.32 Å². The second kappa shape index (κ2) is 44.8. The number of unbranched alkanes of at least 4 members (excludes halogenated alkanes) is 31. The Bertz CT molecular complexity index is 1100. The topological polar surface area (TPSA) is 104 Å². The second-order valence-electron chi connectivity index (χ2n) is 17.1. The van der Waals surface area contributed by atoms with Gasteiger partial charge in [0.05, 0.1) is 17.9 Å². The van der Waals surface area contributed by atoms with E-state index < -0.39 is 28.0 Å². The van der Waals surface area contributed by atoms with Crippen LogP contribution in [0.5, 0.6) is 0 Å². The third-order valence-corrected chi connectivity index (χ3v) is 12.0. The van der Waals surface area contributed by atoms with E-state index in [4.69, 9.17) is 0 Å². The molecule has 0 saturated heterocycles. The molecule has 0 aliphatic rings. The summed E-state index contributed by atoms with van der Waals surface area (Å²) in [6, 6.07) is -1.08. The molecule has 2 unspecified atom stereocenters. The highest BCUT2D eigenvalue weighted by molar-refractivity contribution is 7.85. The Morgan fingerprint density at radius 3 is 1.19 bits per heavy atom. The Kier molecular flexibility index (Phi) is 43.5. The van der Waals surface area contributed by atoms with Crippen molar-refractivity contribution in [3.63, 3.8) is 0 Å². The van der Waals surface area contributed by atoms with Gasteiger partial charge in [0.15, 0.2) is 0 Å². The molecule has 340 valence electrons. The molecular weight excluding hydrogens is 739 g/mol. The second-order valence-corrected chi connectivity index (χ2v) is 18.6. The van der Waals surface area contributed by atoms with Gasteiger partial charge in [0.1, 0.15) is 0 Å². The van der Waals surface area contributed by atoms with Gasteiger partial charge >= 0.3 is 0 Å². The summed E-state index contributed by atoms with van der Waals surface area (Å²) in [5, 5.41) is 13.3. The van der Waals surface area contributed by atoms with Crippen molar-refractivity contribution in [1.82, 2.24) is 5.32 Å². The number of amides is 1. The van der Waals surface area contributed by atoms with E-state index in [-0.39, 0.29) is 12.3 Å². The summed E-state index contributed by atoms with van der Waals surface area (Å²) < 4.78 is 32.6. The molecule has 3 N–H and O–H groups in total. The largest absolute Gasteiger partial charge is 0.387 e. The first-order chi connectivity index (χ1) is 28.3. The van der Waals surface area contributed by atoms with Crippen molar-refractivity contribution in [2.24, 2.45) is 0 Å². The molecule has 0 saturated carbocycles. The monoisotopic (exact) mass is 834 g/mol. The Morgan fingerprint density at radius 1 is 0.466 bits per heavy atom. The maximum atomic E-state index is 12.6. The molecule has 6 nitrogen and oxygen atoms in total. The zero-order valence-corrected chi connectivity index (χ0v) is 39.0. The van der Waals surface area contributed by atoms with Crippen LogP contribution in [0.15, 0.2) is 48.6 Å². The van der Waals surface area contributed by atoms with Gasteiger partial charge in [-0.15, -0.1) is 0 Å². The first-order valence-corrected chi connectivity index (χ1v) is 26.4. The van der Waals surface area contributed by atoms with Crippen LogP contribution in [0, 0.1) is 0 Å². The van der Waals surface area contributed by atoms with Gasteiger partial charge in [-0.3, -0.25) is 9.35 Å². The number of nitrogens with one attached hydrogen (secondary N) is 1. The molecule has 0 aromatic carbocycles. The lowest BCUT2D eigenvalue weighted by atomic mass is 10.0. The third-order valence-electron chi connectivity index (χ3n) is 11.2. The fourth-order valence-corrected chi connectivity index (χ4v) is 8.23. The van der Waals surface area contributed by atoms with E-state index in [0.29, 0.717) is 6.42 Å². The molecule has 58 heavy (non-hydrogen) atoms. The van der Waals surface area contributed by atoms with E-state index in [0.717, 1.165) is 38.5 Å². The highest BCUT2D eigenvalue weighted by Gasteiger charge is 2.24. The smallest absolute Gasteiger partial charge is 0.267 e. The highest BCUT2D eigenvalue weighted by Crippen LogP contribution is 2.15. The van der Waals surface area contributed by atoms with Crippen LogP contribution in [0.1, 0.15) is 251 Å². The van der Waals surface area contributed by atoms with Crippen LogP contribution in [-0.2, 0) is 14.9 Å². The van der Waals surface area contributed by atoms with E-state index in [1.54, 1.807) is 0 Å². The molecule has 0 radical (unpaired) electrons. The number of hydrogen-bond donors (Lipinski definition) is 3. The number of hydrogen-bond acceptors (Lipinski definition) is 4. The molecule has 0 aliphatic carbocycles. The summed E-state index contributed by atoms with van der Waals surface area (Å²) in [4.78, 5) is 12.6. The molecule has 2 atom stereocenters. The standard InChI is InChI=1S/C51H95NO5S/c1-3-5-7-9-11-13-15-17-19-21-23-25-26-27-29-31-33-35-37-39-41-43-45-47-51(54)52-49(48-58(55,56)57)50(53)46-44-42-40-38-36-34-32-30-28-24-22-20-18-16-14-12-10-8-6-4-2/h15,17,21,23,36,38,44,46,49-50,53H,3-14,16,18-20,22,24-35,37,39-43,45,47-48H2,1-2H3,(H,52,54)(H,55,56,57)/b17-15-,23-21-,38-36+,46-44+. The minimum atomic E-state index is -4.36. The first-order valence-electron chi connectivity index (χ1n) is 24.8. The lowest BCUT2D eigenvalue weighted by Gasteiger charge is -2.21. The van der Waals surface area contributed by atoms with Gasteiger partial charge in [-0.1, -0.05) is 229 Å². The molecule has 0 aliphatic heterocycles. The van der Waals surface area contributed by atoms with Crippen LogP contribution in [0.4, 0.5) is 0 Å². The number of aliphatic hydroxyl groups excluding tert-OH is 1. The Morgan fingerprint density at radius 2 is 0.793 bits per heavy atom. The molecule has 0 heterocycles. The van der Waals surface area contributed by atoms with Crippen LogP contribution in [0.25, 0.3) is 0 Å². The van der Waals surface area contributed by atoms with E-state index in [1.807, 2.05) is 6.08 Å². The van der Waals surface area contributed by atoms with Crippen LogP contribution in [0.3, 0.4) is 0 Å². The SMILES string of the molecule is CCCCCCC/C=C\C/C=C\CCCCCCCCCCCCCC(=O)NC(CS(=O)(=O)O)C(O)/C=C/CC/C=C/CCCCCCCCCCCCCCCC. The molecule has 1 amide bonds. The van der Waals surface area contributed by atoms with Crippen LogP contribution >= 0.6 is 0 Å². The highest BCUT2D eigenvalue weighted by atomic mass is 32.2. The lowest BCUT2D eigenvalue weighted by Crippen LogP contribution is -2.46. The van der Waals surface area contributed by atoms with Gasteiger partial charge in [-0.25, -0.2) is 0 Å². The van der Waals surface area contributed by atoms with Crippen molar-refractivity contribution in [2.75, 3.05) is 5.75 Å².